The van der Waals surface area contributed by atoms with Gasteiger partial charge in [0.2, 0.25) is 5.78 Å². The van der Waals surface area contributed by atoms with Crippen molar-refractivity contribution in [1.82, 2.24) is 0 Å². The Bertz CT molecular complexity index is 916. The highest BCUT2D eigenvalue weighted by molar-refractivity contribution is 6.14. The molecule has 2 aromatic carbocycles. The highest BCUT2D eigenvalue weighted by Gasteiger charge is 2.28. The van der Waals surface area contributed by atoms with Crippen molar-refractivity contribution in [3.8, 4) is 11.5 Å². The molecule has 25 heavy (non-hydrogen) atoms. The van der Waals surface area contributed by atoms with Crippen LogP contribution in [-0.2, 0) is 4.79 Å². The molecule has 0 N–H and O–H groups in total. The van der Waals surface area contributed by atoms with E-state index in [4.69, 9.17) is 9.47 Å². The van der Waals surface area contributed by atoms with Gasteiger partial charge in [-0.05, 0) is 23.8 Å². The topological polar surface area (TPSA) is 95.7 Å². The number of ether oxygens (including phenoxy) is 2. The molecule has 126 valence electrons. The number of rotatable bonds is 4. The highest BCUT2D eigenvalue weighted by atomic mass is 16.6. The molecule has 7 heteroatoms. The van der Waals surface area contributed by atoms with E-state index in [1.807, 2.05) is 0 Å². The Labute approximate surface area is 142 Å². The predicted octanol–water partition coefficient (Wildman–Crippen LogP) is 3.53. The van der Waals surface area contributed by atoms with Crippen LogP contribution in [0.1, 0.15) is 29.3 Å². The van der Waals surface area contributed by atoms with Crippen LogP contribution in [0.25, 0.3) is 6.08 Å². The molecule has 7 nitrogen and oxygen atoms in total. The molecule has 0 aromatic heterocycles. The lowest BCUT2D eigenvalue weighted by atomic mass is 10.1. The monoisotopic (exact) mass is 339 g/mol. The van der Waals surface area contributed by atoms with Crippen molar-refractivity contribution in [2.45, 2.75) is 13.3 Å². The van der Waals surface area contributed by atoms with E-state index in [1.165, 1.54) is 42.5 Å². The summed E-state index contributed by atoms with van der Waals surface area (Å²) in [5.41, 5.74) is 0.738. The summed E-state index contributed by atoms with van der Waals surface area (Å²) in [4.78, 5) is 34.0. The number of ketones is 1. The van der Waals surface area contributed by atoms with Crippen LogP contribution in [0.3, 0.4) is 0 Å². The molecular formula is C18H13NO6. The summed E-state index contributed by atoms with van der Waals surface area (Å²) in [7, 11) is 0. The van der Waals surface area contributed by atoms with E-state index in [0.717, 1.165) is 0 Å². The molecular weight excluding hydrogens is 326 g/mol. The molecule has 0 amide bonds. The smallest absolute Gasteiger partial charge is 0.310 e. The van der Waals surface area contributed by atoms with Crippen molar-refractivity contribution in [3.05, 3.63) is 69.5 Å². The molecule has 0 saturated heterocycles. The average molecular weight is 339 g/mol. The van der Waals surface area contributed by atoms with Crippen LogP contribution in [0.2, 0.25) is 0 Å². The fourth-order valence-electron chi connectivity index (χ4n) is 2.31. The Kier molecular flexibility index (Phi) is 4.30. The maximum Gasteiger partial charge on any atom is 0.310 e. The molecule has 2 aromatic rings. The number of nitrogens with zero attached hydrogens (tertiary/aromatic N) is 1. The first-order valence-corrected chi connectivity index (χ1v) is 7.51. The van der Waals surface area contributed by atoms with E-state index in [0.29, 0.717) is 11.1 Å². The van der Waals surface area contributed by atoms with Crippen molar-refractivity contribution >= 4 is 23.5 Å². The maximum absolute atomic E-state index is 12.4. The zero-order chi connectivity index (χ0) is 18.0. The second-order valence-electron chi connectivity index (χ2n) is 5.28. The Morgan fingerprint density at radius 3 is 2.80 bits per heavy atom. The van der Waals surface area contributed by atoms with Crippen LogP contribution in [-0.4, -0.2) is 16.7 Å². The van der Waals surface area contributed by atoms with Gasteiger partial charge in [0, 0.05) is 24.6 Å². The molecule has 0 bridgehead atoms. The maximum atomic E-state index is 12.4. The van der Waals surface area contributed by atoms with Gasteiger partial charge in [-0.25, -0.2) is 0 Å². The minimum absolute atomic E-state index is 0.0504. The molecule has 0 saturated carbocycles. The van der Waals surface area contributed by atoms with Gasteiger partial charge in [-0.1, -0.05) is 19.1 Å². The summed E-state index contributed by atoms with van der Waals surface area (Å²) in [5, 5.41) is 10.8. The molecule has 0 unspecified atom stereocenters. The average Bonchev–Trinajstić information content (AvgIpc) is 2.90. The SMILES string of the molecule is CCC(=O)Oc1ccc2c(c1)O/C(=C\c1cccc([N+](=O)[O-])c1)C2=O. The second-order valence-corrected chi connectivity index (χ2v) is 5.28. The lowest BCUT2D eigenvalue weighted by molar-refractivity contribution is -0.384. The van der Waals surface area contributed by atoms with E-state index in [2.05, 4.69) is 0 Å². The first-order chi connectivity index (χ1) is 12.0. The van der Waals surface area contributed by atoms with E-state index >= 15 is 0 Å². The van der Waals surface area contributed by atoms with Crippen LogP contribution >= 0.6 is 0 Å². The third-order valence-electron chi connectivity index (χ3n) is 3.54. The summed E-state index contributed by atoms with van der Waals surface area (Å²) in [5.74, 6) is -0.112. The van der Waals surface area contributed by atoms with Gasteiger partial charge in [0.25, 0.3) is 5.69 Å². The quantitative estimate of drug-likeness (QED) is 0.278. The zero-order valence-electron chi connectivity index (χ0n) is 13.2. The molecule has 1 aliphatic rings. The number of nitro groups is 1. The minimum atomic E-state index is -0.511. The lowest BCUT2D eigenvalue weighted by Gasteiger charge is -2.04. The number of fused-ring (bicyclic) bond motifs is 1. The standard InChI is InChI=1S/C18H13NO6/c1-2-17(20)24-13-6-7-14-15(10-13)25-16(18(14)21)9-11-4-3-5-12(8-11)19(22)23/h3-10H,2H2,1H3/b16-9-. The number of Topliss-reactive ketones (excluding diaryl/α,β-unsaturated/α-hetero) is 1. The number of benzene rings is 2. The van der Waals surface area contributed by atoms with Crippen LogP contribution in [0, 0.1) is 10.1 Å². The van der Waals surface area contributed by atoms with E-state index in [1.54, 1.807) is 13.0 Å². The highest BCUT2D eigenvalue weighted by Crippen LogP contribution is 2.35. The Balaban J connectivity index is 1.88. The van der Waals surface area contributed by atoms with Gasteiger partial charge in [-0.3, -0.25) is 19.7 Å². The van der Waals surface area contributed by atoms with Gasteiger partial charge in [0.1, 0.15) is 11.5 Å². The van der Waals surface area contributed by atoms with Crippen LogP contribution in [0.4, 0.5) is 5.69 Å². The first-order valence-electron chi connectivity index (χ1n) is 7.51. The number of hydrogen-bond donors (Lipinski definition) is 0. The molecule has 1 heterocycles. The van der Waals surface area contributed by atoms with Crippen molar-refractivity contribution in [2.75, 3.05) is 0 Å². The van der Waals surface area contributed by atoms with Crippen molar-refractivity contribution in [1.29, 1.82) is 0 Å². The lowest BCUT2D eigenvalue weighted by Crippen LogP contribution is -2.05. The summed E-state index contributed by atoms with van der Waals surface area (Å²) >= 11 is 0. The fourth-order valence-corrected chi connectivity index (χ4v) is 2.31. The Morgan fingerprint density at radius 2 is 2.08 bits per heavy atom. The Hall–Kier alpha value is -3.48. The van der Waals surface area contributed by atoms with Gasteiger partial charge in [0.15, 0.2) is 5.76 Å². The van der Waals surface area contributed by atoms with Crippen LogP contribution in [0.5, 0.6) is 11.5 Å². The fraction of sp³-hybridized carbons (Fsp3) is 0.111. The first kappa shape index (κ1) is 16.4. The van der Waals surface area contributed by atoms with E-state index < -0.39 is 10.9 Å². The van der Waals surface area contributed by atoms with Crippen molar-refractivity contribution in [3.63, 3.8) is 0 Å². The van der Waals surface area contributed by atoms with Crippen LogP contribution < -0.4 is 9.47 Å². The molecule has 0 fully saturated rings. The summed E-state index contributed by atoms with van der Waals surface area (Å²) in [6.45, 7) is 1.68. The molecule has 0 spiro atoms. The molecule has 0 aliphatic carbocycles. The Morgan fingerprint density at radius 1 is 1.28 bits per heavy atom. The third-order valence-corrected chi connectivity index (χ3v) is 3.54. The number of allylic oxidation sites excluding steroid dienone is 1. The van der Waals surface area contributed by atoms with Crippen LogP contribution in [0.15, 0.2) is 48.2 Å². The zero-order valence-corrected chi connectivity index (χ0v) is 13.2. The van der Waals surface area contributed by atoms with E-state index in [9.17, 15) is 19.7 Å². The van der Waals surface area contributed by atoms with Gasteiger partial charge >= 0.3 is 5.97 Å². The predicted molar refractivity (Wildman–Crippen MR) is 88.4 cm³/mol. The minimum Gasteiger partial charge on any atom is -0.452 e. The molecule has 0 atom stereocenters. The number of nitro benzene ring substituents is 1. The summed E-state index contributed by atoms with van der Waals surface area (Å²) < 4.78 is 10.6. The van der Waals surface area contributed by atoms with Crippen molar-refractivity contribution < 1.29 is 24.0 Å². The number of carbonyl (C=O) groups excluding carboxylic acids is 2. The van der Waals surface area contributed by atoms with Gasteiger partial charge in [-0.2, -0.15) is 0 Å². The van der Waals surface area contributed by atoms with Crippen molar-refractivity contribution in [2.24, 2.45) is 0 Å². The number of carbonyl (C=O) groups is 2. The summed E-state index contributed by atoms with van der Waals surface area (Å²) in [6, 6.07) is 10.4. The largest absolute Gasteiger partial charge is 0.452 e. The van der Waals surface area contributed by atoms with E-state index in [-0.39, 0.29) is 35.1 Å². The number of hydrogen-bond acceptors (Lipinski definition) is 6. The normalized spacial score (nSPS) is 14.1. The van der Waals surface area contributed by atoms with Gasteiger partial charge < -0.3 is 9.47 Å². The number of non-ortho nitro benzene ring substituents is 1. The molecule has 1 aliphatic heterocycles. The van der Waals surface area contributed by atoms with Gasteiger partial charge in [0.05, 0.1) is 10.5 Å². The molecule has 3 rings (SSSR count). The van der Waals surface area contributed by atoms with Gasteiger partial charge in [-0.15, -0.1) is 0 Å². The summed E-state index contributed by atoms with van der Waals surface area (Å²) in [6.07, 6.45) is 1.67. The second kappa shape index (κ2) is 6.56. The number of esters is 1. The third kappa shape index (κ3) is 3.40. The molecule has 0 radical (unpaired) electrons.